The maximum Gasteiger partial charge on any atom is 0.162 e. The maximum atomic E-state index is 13.3. The summed E-state index contributed by atoms with van der Waals surface area (Å²) in [5, 5.41) is 1.23. The Morgan fingerprint density at radius 1 is 1.04 bits per heavy atom. The highest BCUT2D eigenvalue weighted by molar-refractivity contribution is 14.1. The number of nitrogen functional groups attached to an aromatic ring is 1. The van der Waals surface area contributed by atoms with Crippen LogP contribution in [0.5, 0.6) is 5.75 Å². The van der Waals surface area contributed by atoms with Crippen LogP contribution in [-0.4, -0.2) is 9.97 Å². The molecule has 0 aliphatic heterocycles. The zero-order valence-corrected chi connectivity index (χ0v) is 17.4. The summed E-state index contributed by atoms with van der Waals surface area (Å²) in [5.74, 6) is 1.10. The van der Waals surface area contributed by atoms with E-state index in [1.807, 2.05) is 24.3 Å². The van der Waals surface area contributed by atoms with E-state index in [1.165, 1.54) is 12.1 Å². The average Bonchev–Trinajstić information content (AvgIpc) is 2.67. The van der Waals surface area contributed by atoms with E-state index in [0.29, 0.717) is 22.4 Å². The third kappa shape index (κ3) is 4.02. The number of nitrogens with two attached hydrogens (primary N) is 1. The fourth-order valence-electron chi connectivity index (χ4n) is 2.80. The summed E-state index contributed by atoms with van der Waals surface area (Å²) in [4.78, 5) is 8.99. The van der Waals surface area contributed by atoms with E-state index in [1.54, 1.807) is 24.3 Å². The van der Waals surface area contributed by atoms with Crippen LogP contribution < -0.4 is 10.5 Å². The normalized spacial score (nSPS) is 11.0. The second kappa shape index (κ2) is 7.89. The molecule has 0 radical (unpaired) electrons. The van der Waals surface area contributed by atoms with Crippen LogP contribution >= 0.6 is 34.2 Å². The molecule has 0 fully saturated rings. The number of halogens is 3. The van der Waals surface area contributed by atoms with Gasteiger partial charge in [0, 0.05) is 14.5 Å². The highest BCUT2D eigenvalue weighted by Crippen LogP contribution is 2.31. The van der Waals surface area contributed by atoms with Crippen molar-refractivity contribution < 1.29 is 9.13 Å². The first kappa shape index (κ1) is 18.9. The summed E-state index contributed by atoms with van der Waals surface area (Å²) in [5.41, 5.74) is 8.34. The molecule has 0 saturated carbocycles. The minimum Gasteiger partial charge on any atom is -0.487 e. The van der Waals surface area contributed by atoms with Gasteiger partial charge >= 0.3 is 0 Å². The van der Waals surface area contributed by atoms with Crippen LogP contribution in [0.2, 0.25) is 5.02 Å². The number of nitrogens with zero attached hydrogens (tertiary/aromatic N) is 2. The number of fused-ring (bicyclic) bond motifs is 1. The molecule has 4 aromatic rings. The lowest BCUT2D eigenvalue weighted by Gasteiger charge is -2.10. The Labute approximate surface area is 179 Å². The Balaban J connectivity index is 1.60. The van der Waals surface area contributed by atoms with Gasteiger partial charge in [0.25, 0.3) is 0 Å². The molecular formula is C21H14ClFIN3O. The summed E-state index contributed by atoms with van der Waals surface area (Å²) in [6.07, 6.45) is 0. The molecule has 4 rings (SSSR count). The highest BCUT2D eigenvalue weighted by Gasteiger charge is 2.11. The van der Waals surface area contributed by atoms with Crippen molar-refractivity contribution >= 4 is 50.9 Å². The van der Waals surface area contributed by atoms with Crippen LogP contribution in [0, 0.1) is 9.39 Å². The van der Waals surface area contributed by atoms with Gasteiger partial charge in [0.2, 0.25) is 0 Å². The van der Waals surface area contributed by atoms with Gasteiger partial charge in [-0.3, -0.25) is 0 Å². The highest BCUT2D eigenvalue weighted by atomic mass is 127. The largest absolute Gasteiger partial charge is 0.487 e. The van der Waals surface area contributed by atoms with Crippen LogP contribution in [0.1, 0.15) is 5.56 Å². The van der Waals surface area contributed by atoms with Gasteiger partial charge in [-0.1, -0.05) is 23.7 Å². The third-order valence-corrected chi connectivity index (χ3v) is 5.13. The predicted molar refractivity (Wildman–Crippen MR) is 118 cm³/mol. The van der Waals surface area contributed by atoms with Crippen molar-refractivity contribution in [3.05, 3.63) is 80.6 Å². The number of benzene rings is 3. The van der Waals surface area contributed by atoms with Gasteiger partial charge in [0.15, 0.2) is 5.82 Å². The molecule has 0 aliphatic carbocycles. The van der Waals surface area contributed by atoms with Gasteiger partial charge < -0.3 is 10.5 Å². The van der Waals surface area contributed by atoms with Crippen LogP contribution in [0.15, 0.2) is 60.7 Å². The Hall–Kier alpha value is -2.45. The van der Waals surface area contributed by atoms with E-state index in [0.717, 1.165) is 25.6 Å². The summed E-state index contributed by atoms with van der Waals surface area (Å²) in [6, 6.07) is 17.4. The van der Waals surface area contributed by atoms with Crippen LogP contribution in [0.4, 0.5) is 10.2 Å². The Morgan fingerprint density at radius 3 is 2.68 bits per heavy atom. The lowest BCUT2D eigenvalue weighted by molar-refractivity contribution is 0.306. The summed E-state index contributed by atoms with van der Waals surface area (Å²) in [7, 11) is 0. The maximum absolute atomic E-state index is 13.3. The van der Waals surface area contributed by atoms with Gasteiger partial charge in [-0.15, -0.1) is 0 Å². The van der Waals surface area contributed by atoms with E-state index in [2.05, 4.69) is 32.6 Å². The summed E-state index contributed by atoms with van der Waals surface area (Å²) >= 11 is 8.59. The number of hydrogen-bond acceptors (Lipinski definition) is 4. The van der Waals surface area contributed by atoms with Crippen LogP contribution in [0.25, 0.3) is 22.3 Å². The molecule has 4 nitrogen and oxygen atoms in total. The SMILES string of the molecule is Nc1nc(-c2ccc(OCc3cccc(F)c3)c(Cl)c2)nc2ccc(I)cc12. The minimum atomic E-state index is -0.303. The standard InChI is InChI=1S/C21H14ClFIN3O/c22-17-9-13(4-7-19(17)28-11-12-2-1-3-14(23)8-12)21-26-18-6-5-15(24)10-16(18)20(25)27-21/h1-10H,11H2,(H2,25,26,27). The van der Waals surface area contributed by atoms with E-state index in [4.69, 9.17) is 22.1 Å². The van der Waals surface area contributed by atoms with Crippen molar-refractivity contribution in [3.8, 4) is 17.1 Å². The van der Waals surface area contributed by atoms with Crippen molar-refractivity contribution in [1.82, 2.24) is 9.97 Å². The van der Waals surface area contributed by atoms with E-state index < -0.39 is 0 Å². The lowest BCUT2D eigenvalue weighted by Crippen LogP contribution is -1.99. The van der Waals surface area contributed by atoms with E-state index in [-0.39, 0.29) is 12.4 Å². The first-order valence-electron chi connectivity index (χ1n) is 8.39. The molecule has 140 valence electrons. The molecule has 2 N–H and O–H groups in total. The van der Waals surface area contributed by atoms with Crippen molar-refractivity contribution in [3.63, 3.8) is 0 Å². The van der Waals surface area contributed by atoms with Gasteiger partial charge in [-0.2, -0.15) is 0 Å². The van der Waals surface area contributed by atoms with Crippen molar-refractivity contribution in [2.24, 2.45) is 0 Å². The second-order valence-electron chi connectivity index (χ2n) is 6.16. The number of aromatic nitrogens is 2. The molecule has 0 spiro atoms. The minimum absolute atomic E-state index is 0.217. The predicted octanol–water partition coefficient (Wildman–Crippen LogP) is 5.86. The van der Waals surface area contributed by atoms with Crippen LogP contribution in [0.3, 0.4) is 0 Å². The van der Waals surface area contributed by atoms with Crippen molar-refractivity contribution in [2.75, 3.05) is 5.73 Å². The molecule has 0 aliphatic rings. The molecule has 1 aromatic heterocycles. The fraction of sp³-hybridized carbons (Fsp3) is 0.0476. The molecule has 0 amide bonds. The quantitative estimate of drug-likeness (QED) is 0.353. The lowest BCUT2D eigenvalue weighted by atomic mass is 10.1. The first-order chi connectivity index (χ1) is 13.5. The Bertz CT molecular complexity index is 1190. The van der Waals surface area contributed by atoms with Gasteiger partial charge in [0.1, 0.15) is 24.0 Å². The monoisotopic (exact) mass is 505 g/mol. The Kier molecular flexibility index (Phi) is 5.32. The zero-order chi connectivity index (χ0) is 19.7. The molecule has 0 bridgehead atoms. The van der Waals surface area contributed by atoms with E-state index >= 15 is 0 Å². The molecule has 28 heavy (non-hydrogen) atoms. The van der Waals surface area contributed by atoms with E-state index in [9.17, 15) is 4.39 Å². The van der Waals surface area contributed by atoms with Crippen LogP contribution in [-0.2, 0) is 6.61 Å². The van der Waals surface area contributed by atoms with Gasteiger partial charge in [-0.05, 0) is 76.7 Å². The molecule has 0 atom stereocenters. The van der Waals surface area contributed by atoms with Gasteiger partial charge in [0.05, 0.1) is 10.5 Å². The number of anilines is 1. The van der Waals surface area contributed by atoms with Gasteiger partial charge in [-0.25, -0.2) is 14.4 Å². The Morgan fingerprint density at radius 2 is 1.89 bits per heavy atom. The molecule has 3 aromatic carbocycles. The fourth-order valence-corrected chi connectivity index (χ4v) is 3.52. The molecular weight excluding hydrogens is 492 g/mol. The molecule has 1 heterocycles. The summed E-state index contributed by atoms with van der Waals surface area (Å²) in [6.45, 7) is 0.217. The number of hydrogen-bond donors (Lipinski definition) is 1. The second-order valence-corrected chi connectivity index (χ2v) is 7.81. The van der Waals surface area contributed by atoms with Crippen molar-refractivity contribution in [1.29, 1.82) is 0 Å². The zero-order valence-electron chi connectivity index (χ0n) is 14.5. The molecule has 7 heteroatoms. The third-order valence-electron chi connectivity index (χ3n) is 4.16. The topological polar surface area (TPSA) is 61.0 Å². The summed E-state index contributed by atoms with van der Waals surface area (Å²) < 4.78 is 20.0. The molecule has 0 unspecified atom stereocenters. The number of ether oxygens (including phenoxy) is 1. The smallest absolute Gasteiger partial charge is 0.162 e. The number of rotatable bonds is 4. The van der Waals surface area contributed by atoms with Crippen molar-refractivity contribution in [2.45, 2.75) is 6.61 Å². The first-order valence-corrected chi connectivity index (χ1v) is 9.85. The average molecular weight is 506 g/mol. The molecule has 0 saturated heterocycles.